The lowest BCUT2D eigenvalue weighted by Gasteiger charge is -2.36. The maximum atomic E-state index is 13.1. The van der Waals surface area contributed by atoms with Crippen LogP contribution < -0.4 is 21.8 Å². The number of aryl methyl sites for hydroxylation is 1. The fourth-order valence-electron chi connectivity index (χ4n) is 3.96. The zero-order valence-corrected chi connectivity index (χ0v) is 19.9. The zero-order valence-electron chi connectivity index (χ0n) is 19.9. The molecular formula is C26H33FN5O3+. The smallest absolute Gasteiger partial charge is 0.409 e. The van der Waals surface area contributed by atoms with Crippen LogP contribution in [-0.2, 0) is 16.0 Å². The molecule has 0 aliphatic carbocycles. The van der Waals surface area contributed by atoms with Crippen LogP contribution in [0, 0.1) is 11.7 Å². The Morgan fingerprint density at radius 1 is 1.17 bits per heavy atom. The number of rotatable bonds is 9. The summed E-state index contributed by atoms with van der Waals surface area (Å²) in [4.78, 5) is 29.0. The van der Waals surface area contributed by atoms with Crippen molar-refractivity contribution in [2.75, 3.05) is 19.7 Å². The fraction of sp³-hybridized carbons (Fsp3) is 0.346. The van der Waals surface area contributed by atoms with Crippen molar-refractivity contribution in [2.45, 2.75) is 32.2 Å². The minimum absolute atomic E-state index is 0.0186. The monoisotopic (exact) mass is 482 g/mol. The number of benzene rings is 2. The first-order chi connectivity index (χ1) is 16.8. The molecule has 1 aliphatic rings. The average Bonchev–Trinajstić information content (AvgIpc) is 2.84. The number of nitrogens with zero attached hydrogens (tertiary/aromatic N) is 1. The van der Waals surface area contributed by atoms with E-state index in [9.17, 15) is 14.0 Å². The molecule has 2 aromatic rings. The summed E-state index contributed by atoms with van der Waals surface area (Å²) in [6.07, 6.45) is 3.49. The normalized spacial score (nSPS) is 18.7. The Hall–Kier alpha value is -3.88. The Bertz CT molecular complexity index is 1060. The highest BCUT2D eigenvalue weighted by molar-refractivity contribution is 6.17. The minimum Gasteiger partial charge on any atom is -0.449 e. The van der Waals surface area contributed by atoms with Crippen molar-refractivity contribution in [3.63, 3.8) is 0 Å². The Morgan fingerprint density at radius 2 is 1.89 bits per heavy atom. The first-order valence-electron chi connectivity index (χ1n) is 11.7. The summed E-state index contributed by atoms with van der Waals surface area (Å²) < 4.78 is 18.6. The zero-order chi connectivity index (χ0) is 25.2. The van der Waals surface area contributed by atoms with Gasteiger partial charge >= 0.3 is 6.09 Å². The van der Waals surface area contributed by atoms with Gasteiger partial charge in [-0.05, 0) is 55.0 Å². The molecule has 2 aromatic carbocycles. The number of primary amides is 1. The summed E-state index contributed by atoms with van der Waals surface area (Å²) in [7, 11) is 0. The highest BCUT2D eigenvalue weighted by Gasteiger charge is 2.29. The predicted octanol–water partition coefficient (Wildman–Crippen LogP) is 1.33. The van der Waals surface area contributed by atoms with Crippen LogP contribution in [0.4, 0.5) is 14.9 Å². The highest BCUT2D eigenvalue weighted by atomic mass is 19.1. The molecule has 8 nitrogen and oxygen atoms in total. The predicted molar refractivity (Wildman–Crippen MR) is 132 cm³/mol. The van der Waals surface area contributed by atoms with E-state index >= 15 is 0 Å². The van der Waals surface area contributed by atoms with Gasteiger partial charge in [-0.25, -0.2) is 14.2 Å². The second-order valence-electron chi connectivity index (χ2n) is 8.66. The number of hydrogen-bond acceptors (Lipinski definition) is 4. The van der Waals surface area contributed by atoms with E-state index in [1.807, 2.05) is 25.1 Å². The van der Waals surface area contributed by atoms with Gasteiger partial charge in [0.2, 0.25) is 0 Å². The molecule has 1 aliphatic heterocycles. The van der Waals surface area contributed by atoms with E-state index < -0.39 is 5.91 Å². The third-order valence-corrected chi connectivity index (χ3v) is 5.96. The van der Waals surface area contributed by atoms with E-state index in [0.29, 0.717) is 31.8 Å². The Balaban J connectivity index is 1.49. The van der Waals surface area contributed by atoms with Crippen molar-refractivity contribution >= 4 is 23.5 Å². The summed E-state index contributed by atoms with van der Waals surface area (Å²) in [6, 6.07) is 15.7. The van der Waals surface area contributed by atoms with Gasteiger partial charge in [-0.1, -0.05) is 37.3 Å². The number of nitrogens with two attached hydrogens (primary N) is 2. The number of carbonyl (C=O) groups is 2. The van der Waals surface area contributed by atoms with Crippen LogP contribution in [-0.4, -0.2) is 48.5 Å². The Labute approximate surface area is 204 Å². The van der Waals surface area contributed by atoms with E-state index in [1.165, 1.54) is 36.0 Å². The van der Waals surface area contributed by atoms with Crippen molar-refractivity contribution in [2.24, 2.45) is 17.4 Å². The molecule has 35 heavy (non-hydrogen) atoms. The molecule has 1 heterocycles. The van der Waals surface area contributed by atoms with Crippen molar-refractivity contribution in [1.29, 1.82) is 0 Å². The molecule has 3 rings (SSSR count). The quantitative estimate of drug-likeness (QED) is 0.186. The Kier molecular flexibility index (Phi) is 9.23. The van der Waals surface area contributed by atoms with Gasteiger partial charge in [-0.2, -0.15) is 0 Å². The van der Waals surface area contributed by atoms with Crippen molar-refractivity contribution < 1.29 is 23.7 Å². The van der Waals surface area contributed by atoms with Crippen LogP contribution in [0.3, 0.4) is 0 Å². The topological polar surface area (TPSA) is 125 Å². The number of carbonyl (C=O) groups excluding carboxylic acids is 2. The second-order valence-corrected chi connectivity index (χ2v) is 8.66. The number of halogens is 1. The first kappa shape index (κ1) is 25.7. The van der Waals surface area contributed by atoms with Crippen molar-refractivity contribution in [3.8, 4) is 0 Å². The molecule has 1 fully saturated rings. The maximum absolute atomic E-state index is 13.1. The number of hydrogen-bond donors (Lipinski definition) is 4. The molecule has 0 unspecified atom stereocenters. The van der Waals surface area contributed by atoms with Crippen LogP contribution in [0.25, 0.3) is 0 Å². The Morgan fingerprint density at radius 3 is 2.54 bits per heavy atom. The number of amides is 2. The molecule has 0 radical (unpaired) electrons. The van der Waals surface area contributed by atoms with Crippen LogP contribution in [0.5, 0.6) is 0 Å². The van der Waals surface area contributed by atoms with E-state index in [0.717, 1.165) is 12.8 Å². The van der Waals surface area contributed by atoms with Gasteiger partial charge in [-0.15, -0.1) is 0 Å². The summed E-state index contributed by atoms with van der Waals surface area (Å²) in [5.41, 5.74) is 13.4. The fourth-order valence-corrected chi connectivity index (χ4v) is 3.96. The molecule has 2 atom stereocenters. The van der Waals surface area contributed by atoms with Crippen molar-refractivity contribution in [1.82, 2.24) is 10.2 Å². The molecule has 1 saturated heterocycles. The van der Waals surface area contributed by atoms with E-state index in [-0.39, 0.29) is 35.3 Å². The van der Waals surface area contributed by atoms with Crippen LogP contribution >= 0.6 is 0 Å². The molecule has 6 N–H and O–H groups in total. The lowest BCUT2D eigenvalue weighted by Crippen LogP contribution is -2.70. The van der Waals surface area contributed by atoms with Gasteiger partial charge in [-0.3, -0.25) is 10.5 Å². The van der Waals surface area contributed by atoms with Gasteiger partial charge in [0, 0.05) is 25.3 Å². The van der Waals surface area contributed by atoms with Gasteiger partial charge in [0.1, 0.15) is 17.1 Å². The molecule has 0 bridgehead atoms. The third kappa shape index (κ3) is 7.84. The number of amidine groups is 1. The molecule has 2 amide bonds. The molecule has 0 saturated carbocycles. The van der Waals surface area contributed by atoms with E-state index in [4.69, 9.17) is 16.2 Å². The largest absolute Gasteiger partial charge is 0.449 e. The van der Waals surface area contributed by atoms with Gasteiger partial charge in [0.15, 0.2) is 0 Å². The lowest BCUT2D eigenvalue weighted by molar-refractivity contribution is -0.354. The number of likely N-dealkylation sites (tertiary alicyclic amines) is 1. The SMILES string of the molecule is C[C@@H]1CN(C(=O)OCCCc2ccccc2)CC[C@H]1N/C=C(/C(N)=O)C(N)=[NH+]c1ccc(F)cc1. The standard InChI is InChI=1S/C26H32FN5O3/c1-18-17-32(26(34)35-15-5-8-19-6-3-2-4-7-19)14-13-23(18)30-16-22(25(29)33)24(28)31-21-11-9-20(27)10-12-21/h2-4,6-7,9-12,16,18,23,30H,5,8,13-15,17H2,1H3,(H2,28,31)(H2,29,33)/p+1/b22-16+/t18-,23-/m1/s1. The maximum Gasteiger partial charge on any atom is 0.409 e. The summed E-state index contributed by atoms with van der Waals surface area (Å²) in [6.45, 7) is 3.46. The number of piperidine rings is 1. The lowest BCUT2D eigenvalue weighted by atomic mass is 9.94. The van der Waals surface area contributed by atoms with E-state index in [2.05, 4.69) is 22.4 Å². The third-order valence-electron chi connectivity index (χ3n) is 5.96. The molecule has 186 valence electrons. The molecule has 0 spiro atoms. The van der Waals surface area contributed by atoms with Gasteiger partial charge in [0.25, 0.3) is 11.7 Å². The average molecular weight is 483 g/mol. The summed E-state index contributed by atoms with van der Waals surface area (Å²) in [5.74, 6) is -0.912. The number of nitrogens with one attached hydrogen (secondary N) is 2. The minimum atomic E-state index is -0.700. The molecular weight excluding hydrogens is 449 g/mol. The van der Waals surface area contributed by atoms with Crippen LogP contribution in [0.2, 0.25) is 0 Å². The van der Waals surface area contributed by atoms with E-state index in [1.54, 1.807) is 4.90 Å². The van der Waals surface area contributed by atoms with Gasteiger partial charge < -0.3 is 20.7 Å². The van der Waals surface area contributed by atoms with Gasteiger partial charge in [0.05, 0.1) is 6.61 Å². The highest BCUT2D eigenvalue weighted by Crippen LogP contribution is 2.18. The van der Waals surface area contributed by atoms with Crippen molar-refractivity contribution in [3.05, 3.63) is 77.8 Å². The second kappa shape index (κ2) is 12.5. The molecule has 9 heteroatoms. The van der Waals surface area contributed by atoms with Crippen LogP contribution in [0.1, 0.15) is 25.3 Å². The van der Waals surface area contributed by atoms with Crippen LogP contribution in [0.15, 0.2) is 66.4 Å². The summed E-state index contributed by atoms with van der Waals surface area (Å²) >= 11 is 0. The number of ether oxygens (including phenoxy) is 1. The molecule has 0 aromatic heterocycles. The summed E-state index contributed by atoms with van der Waals surface area (Å²) in [5, 5.41) is 3.22. The first-order valence-corrected chi connectivity index (χ1v) is 11.7.